The molecule has 3 aromatic rings. The Hall–Kier alpha value is -2.97. The number of rotatable bonds is 9. The van der Waals surface area contributed by atoms with Crippen molar-refractivity contribution in [2.75, 3.05) is 11.9 Å². The zero-order valence-electron chi connectivity index (χ0n) is 17.2. The fourth-order valence-electron chi connectivity index (χ4n) is 2.75. The molecule has 0 aliphatic rings. The van der Waals surface area contributed by atoms with Gasteiger partial charge in [0.2, 0.25) is 11.0 Å². The molecular weight excluding hydrogens is 436 g/mol. The van der Waals surface area contributed by atoms with Crippen LogP contribution in [0.25, 0.3) is 10.6 Å². The molecule has 0 spiro atoms. The molecule has 162 valence electrons. The van der Waals surface area contributed by atoms with Gasteiger partial charge >= 0.3 is 0 Å². The van der Waals surface area contributed by atoms with E-state index in [0.717, 1.165) is 5.56 Å². The minimum Gasteiger partial charge on any atom is -0.484 e. The fourth-order valence-corrected chi connectivity index (χ4v) is 3.63. The van der Waals surface area contributed by atoms with E-state index in [0.29, 0.717) is 27.3 Å². The quantitative estimate of drug-likeness (QED) is 0.495. The summed E-state index contributed by atoms with van der Waals surface area (Å²) in [4.78, 5) is 25.2. The van der Waals surface area contributed by atoms with E-state index >= 15 is 0 Å². The molecule has 1 aromatic heterocycles. The number of anilines is 1. The molecular formula is C22H23ClN4O3S. The topological polar surface area (TPSA) is 93.2 Å². The van der Waals surface area contributed by atoms with E-state index in [-0.39, 0.29) is 24.3 Å². The number of halogens is 1. The van der Waals surface area contributed by atoms with E-state index in [1.54, 1.807) is 24.3 Å². The van der Waals surface area contributed by atoms with E-state index in [1.807, 2.05) is 44.2 Å². The first-order valence-electron chi connectivity index (χ1n) is 9.83. The van der Waals surface area contributed by atoms with Crippen molar-refractivity contribution in [3.8, 4) is 16.3 Å². The number of carbonyl (C=O) groups excluding carboxylic acids is 2. The van der Waals surface area contributed by atoms with Crippen molar-refractivity contribution in [3.05, 3.63) is 59.6 Å². The second kappa shape index (κ2) is 10.9. The molecule has 3 rings (SSSR count). The average Bonchev–Trinajstić information content (AvgIpc) is 3.25. The average molecular weight is 459 g/mol. The molecule has 2 unspecified atom stereocenters. The first-order chi connectivity index (χ1) is 15.0. The lowest BCUT2D eigenvalue weighted by molar-refractivity contribution is -0.128. The van der Waals surface area contributed by atoms with Crippen LogP contribution in [0.5, 0.6) is 5.75 Å². The van der Waals surface area contributed by atoms with Crippen LogP contribution in [0.1, 0.15) is 20.3 Å². The largest absolute Gasteiger partial charge is 0.484 e. The third kappa shape index (κ3) is 6.50. The Morgan fingerprint density at radius 3 is 2.48 bits per heavy atom. The maximum Gasteiger partial charge on any atom is 0.258 e. The highest BCUT2D eigenvalue weighted by Crippen LogP contribution is 2.27. The Kier molecular flexibility index (Phi) is 7.97. The Labute approximate surface area is 189 Å². The van der Waals surface area contributed by atoms with Crippen molar-refractivity contribution in [2.24, 2.45) is 5.92 Å². The number of benzene rings is 2. The van der Waals surface area contributed by atoms with Gasteiger partial charge in [0.05, 0.1) is 0 Å². The molecule has 2 aromatic carbocycles. The van der Waals surface area contributed by atoms with Crippen LogP contribution in [0.4, 0.5) is 5.13 Å². The Balaban J connectivity index is 1.62. The normalized spacial score (nSPS) is 12.6. The number of aromatic nitrogens is 2. The number of ether oxygens (including phenoxy) is 1. The van der Waals surface area contributed by atoms with Crippen LogP contribution in [0.3, 0.4) is 0 Å². The molecule has 2 atom stereocenters. The van der Waals surface area contributed by atoms with Gasteiger partial charge < -0.3 is 10.1 Å². The molecule has 2 N–H and O–H groups in total. The van der Waals surface area contributed by atoms with Gasteiger partial charge in [-0.1, -0.05) is 73.5 Å². The second-order valence-electron chi connectivity index (χ2n) is 6.94. The van der Waals surface area contributed by atoms with Crippen molar-refractivity contribution < 1.29 is 14.3 Å². The molecule has 0 saturated carbocycles. The number of hydrogen-bond acceptors (Lipinski definition) is 6. The first kappa shape index (κ1) is 22.7. The summed E-state index contributed by atoms with van der Waals surface area (Å²) in [7, 11) is 0. The van der Waals surface area contributed by atoms with E-state index in [2.05, 4.69) is 20.8 Å². The summed E-state index contributed by atoms with van der Waals surface area (Å²) < 4.78 is 5.47. The van der Waals surface area contributed by atoms with Crippen LogP contribution < -0.4 is 15.4 Å². The number of para-hydroxylation sites is 1. The Morgan fingerprint density at radius 1 is 1.10 bits per heavy atom. The fraction of sp³-hybridized carbons (Fsp3) is 0.273. The molecule has 0 aliphatic heterocycles. The maximum absolute atomic E-state index is 12.9. The van der Waals surface area contributed by atoms with Gasteiger partial charge in [-0.05, 0) is 30.2 Å². The van der Waals surface area contributed by atoms with Gasteiger partial charge in [0.25, 0.3) is 5.91 Å². The molecule has 31 heavy (non-hydrogen) atoms. The Bertz CT molecular complexity index is 1010. The van der Waals surface area contributed by atoms with Gasteiger partial charge in [-0.2, -0.15) is 0 Å². The summed E-state index contributed by atoms with van der Waals surface area (Å²) in [5, 5.41) is 15.3. The SMILES string of the molecule is CCC(C)C(NC(=O)COc1ccccc1)C(=O)Nc1nnc(-c2ccc(Cl)cc2)s1. The van der Waals surface area contributed by atoms with Crippen molar-refractivity contribution in [2.45, 2.75) is 26.3 Å². The zero-order chi connectivity index (χ0) is 22.2. The van der Waals surface area contributed by atoms with Gasteiger partial charge in [0.1, 0.15) is 16.8 Å². The zero-order valence-corrected chi connectivity index (χ0v) is 18.7. The van der Waals surface area contributed by atoms with Gasteiger partial charge in [-0.15, -0.1) is 10.2 Å². The minimum absolute atomic E-state index is 0.0793. The van der Waals surface area contributed by atoms with Gasteiger partial charge in [0, 0.05) is 10.6 Å². The first-order valence-corrected chi connectivity index (χ1v) is 11.0. The molecule has 2 amide bonds. The van der Waals surface area contributed by atoms with Crippen molar-refractivity contribution in [1.29, 1.82) is 0 Å². The van der Waals surface area contributed by atoms with E-state index in [4.69, 9.17) is 16.3 Å². The van der Waals surface area contributed by atoms with Gasteiger partial charge in [-0.3, -0.25) is 14.9 Å². The van der Waals surface area contributed by atoms with E-state index < -0.39 is 6.04 Å². The van der Waals surface area contributed by atoms with Crippen LogP contribution in [0.15, 0.2) is 54.6 Å². The predicted molar refractivity (Wildman–Crippen MR) is 122 cm³/mol. The molecule has 0 fully saturated rings. The van der Waals surface area contributed by atoms with E-state index in [1.165, 1.54) is 11.3 Å². The van der Waals surface area contributed by atoms with Crippen LogP contribution in [0, 0.1) is 5.92 Å². The molecule has 0 saturated heterocycles. The second-order valence-corrected chi connectivity index (χ2v) is 8.35. The molecule has 0 radical (unpaired) electrons. The molecule has 9 heteroatoms. The number of hydrogen-bond donors (Lipinski definition) is 2. The summed E-state index contributed by atoms with van der Waals surface area (Å²) >= 11 is 7.17. The maximum atomic E-state index is 12.9. The highest BCUT2D eigenvalue weighted by Gasteiger charge is 2.27. The molecule has 7 nitrogen and oxygen atoms in total. The van der Waals surface area contributed by atoms with Crippen molar-refractivity contribution in [1.82, 2.24) is 15.5 Å². The van der Waals surface area contributed by atoms with Crippen molar-refractivity contribution >= 4 is 39.9 Å². The van der Waals surface area contributed by atoms with Crippen LogP contribution in [-0.4, -0.2) is 34.7 Å². The highest BCUT2D eigenvalue weighted by molar-refractivity contribution is 7.18. The summed E-state index contributed by atoms with van der Waals surface area (Å²) in [6.45, 7) is 3.69. The molecule has 0 aliphatic carbocycles. The third-order valence-electron chi connectivity index (χ3n) is 4.67. The van der Waals surface area contributed by atoms with Crippen LogP contribution >= 0.6 is 22.9 Å². The number of carbonyl (C=O) groups is 2. The highest BCUT2D eigenvalue weighted by atomic mass is 35.5. The summed E-state index contributed by atoms with van der Waals surface area (Å²) in [5.41, 5.74) is 0.854. The van der Waals surface area contributed by atoms with Crippen LogP contribution in [-0.2, 0) is 9.59 Å². The van der Waals surface area contributed by atoms with E-state index in [9.17, 15) is 9.59 Å². The predicted octanol–water partition coefficient (Wildman–Crippen LogP) is 4.41. The number of nitrogens with one attached hydrogen (secondary N) is 2. The molecule has 1 heterocycles. The minimum atomic E-state index is -0.722. The smallest absolute Gasteiger partial charge is 0.258 e. The summed E-state index contributed by atoms with van der Waals surface area (Å²) in [6, 6.07) is 15.5. The summed E-state index contributed by atoms with van der Waals surface area (Å²) in [6.07, 6.45) is 0.712. The number of amides is 2. The lowest BCUT2D eigenvalue weighted by Crippen LogP contribution is -2.49. The monoisotopic (exact) mass is 458 g/mol. The number of nitrogens with zero attached hydrogens (tertiary/aromatic N) is 2. The Morgan fingerprint density at radius 2 is 1.81 bits per heavy atom. The van der Waals surface area contributed by atoms with Crippen molar-refractivity contribution in [3.63, 3.8) is 0 Å². The van der Waals surface area contributed by atoms with Crippen LogP contribution in [0.2, 0.25) is 5.02 Å². The molecule has 0 bridgehead atoms. The van der Waals surface area contributed by atoms with Gasteiger partial charge in [-0.25, -0.2) is 0 Å². The van der Waals surface area contributed by atoms with Gasteiger partial charge in [0.15, 0.2) is 6.61 Å². The standard InChI is InChI=1S/C22H23ClN4O3S/c1-3-14(2)19(24-18(28)13-30-17-7-5-4-6-8-17)20(29)25-22-27-26-21(31-22)15-9-11-16(23)12-10-15/h4-12,14,19H,3,13H2,1-2H3,(H,24,28)(H,25,27,29). The third-order valence-corrected chi connectivity index (χ3v) is 5.81. The lowest BCUT2D eigenvalue weighted by Gasteiger charge is -2.23. The summed E-state index contributed by atoms with van der Waals surface area (Å²) in [5.74, 6) is -0.209. The lowest BCUT2D eigenvalue weighted by atomic mass is 9.98.